The predicted octanol–water partition coefficient (Wildman–Crippen LogP) is 1.81. The van der Waals surface area contributed by atoms with E-state index in [0.29, 0.717) is 38.1 Å². The Labute approximate surface area is 152 Å². The van der Waals surface area contributed by atoms with Crippen molar-refractivity contribution in [1.82, 2.24) is 5.32 Å². The van der Waals surface area contributed by atoms with Crippen molar-refractivity contribution >= 4 is 23.5 Å². The Morgan fingerprint density at radius 2 is 2.00 bits per heavy atom. The Bertz CT molecular complexity index is 690. The molecule has 1 heterocycles. The molecular weight excluding hydrogens is 336 g/mol. The molecule has 3 rings (SSSR count). The van der Waals surface area contributed by atoms with Crippen molar-refractivity contribution in [2.75, 3.05) is 24.6 Å². The number of anilines is 1. The lowest BCUT2D eigenvalue weighted by Gasteiger charge is -2.29. The third-order valence-corrected chi connectivity index (χ3v) is 5.06. The second-order valence-electron chi connectivity index (χ2n) is 6.85. The van der Waals surface area contributed by atoms with Gasteiger partial charge in [0.2, 0.25) is 5.91 Å². The normalized spacial score (nSPS) is 22.3. The summed E-state index contributed by atoms with van der Waals surface area (Å²) in [5, 5.41) is 12.0. The van der Waals surface area contributed by atoms with E-state index < -0.39 is 11.9 Å². The minimum Gasteiger partial charge on any atom is -0.482 e. The van der Waals surface area contributed by atoms with Gasteiger partial charge in [-0.2, -0.15) is 0 Å². The lowest BCUT2D eigenvalue weighted by molar-refractivity contribution is -0.144. The molecule has 1 aliphatic heterocycles. The molecule has 0 saturated heterocycles. The molecule has 1 aliphatic carbocycles. The van der Waals surface area contributed by atoms with Crippen molar-refractivity contribution in [2.45, 2.75) is 32.1 Å². The van der Waals surface area contributed by atoms with Gasteiger partial charge in [0.15, 0.2) is 6.61 Å². The highest BCUT2D eigenvalue weighted by Gasteiger charge is 2.31. The Morgan fingerprint density at radius 1 is 1.23 bits per heavy atom. The highest BCUT2D eigenvalue weighted by atomic mass is 16.5. The van der Waals surface area contributed by atoms with E-state index in [0.717, 1.165) is 18.5 Å². The molecule has 2 atom stereocenters. The van der Waals surface area contributed by atoms with E-state index in [9.17, 15) is 14.4 Å². The Kier molecular flexibility index (Phi) is 5.75. The first-order valence-corrected chi connectivity index (χ1v) is 9.09. The lowest BCUT2D eigenvalue weighted by atomic mass is 9.81. The molecule has 2 unspecified atom stereocenters. The van der Waals surface area contributed by atoms with Crippen LogP contribution in [-0.2, 0) is 14.4 Å². The maximum atomic E-state index is 12.3. The van der Waals surface area contributed by atoms with E-state index in [1.807, 2.05) is 24.3 Å². The quantitative estimate of drug-likeness (QED) is 0.754. The molecule has 2 N–H and O–H groups in total. The van der Waals surface area contributed by atoms with Crippen LogP contribution < -0.4 is 15.0 Å². The molecule has 7 nitrogen and oxygen atoms in total. The van der Waals surface area contributed by atoms with Gasteiger partial charge in [-0.3, -0.25) is 14.4 Å². The highest BCUT2D eigenvalue weighted by Crippen LogP contribution is 2.31. The van der Waals surface area contributed by atoms with Crippen LogP contribution in [0.15, 0.2) is 24.3 Å². The van der Waals surface area contributed by atoms with Crippen LogP contribution in [0.25, 0.3) is 0 Å². The van der Waals surface area contributed by atoms with Crippen LogP contribution in [-0.4, -0.2) is 42.6 Å². The van der Waals surface area contributed by atoms with Crippen molar-refractivity contribution in [1.29, 1.82) is 0 Å². The van der Waals surface area contributed by atoms with E-state index >= 15 is 0 Å². The summed E-state index contributed by atoms with van der Waals surface area (Å²) in [5.41, 5.74) is 0.756. The van der Waals surface area contributed by atoms with Gasteiger partial charge in [0.1, 0.15) is 5.75 Å². The number of carboxylic acid groups (broad SMARTS) is 1. The smallest absolute Gasteiger partial charge is 0.306 e. The molecule has 0 radical (unpaired) electrons. The van der Waals surface area contributed by atoms with Crippen molar-refractivity contribution in [3.8, 4) is 5.75 Å². The number of carboxylic acids is 1. The van der Waals surface area contributed by atoms with Gasteiger partial charge in [0, 0.05) is 19.0 Å². The molecule has 1 aromatic rings. The standard InChI is InChI=1S/C19H24N2O5/c22-17-12-26-16-8-2-1-7-15(16)21(17)10-4-9-20-18(23)13-5-3-6-14(11-13)19(24)25/h1-2,7-8,13-14H,3-6,9-12H2,(H,20,23)(H,24,25). The van der Waals surface area contributed by atoms with Gasteiger partial charge in [-0.25, -0.2) is 0 Å². The number of hydrogen-bond acceptors (Lipinski definition) is 4. The van der Waals surface area contributed by atoms with Crippen LogP contribution in [0.2, 0.25) is 0 Å². The third kappa shape index (κ3) is 4.15. The Hall–Kier alpha value is -2.57. The summed E-state index contributed by atoms with van der Waals surface area (Å²) in [7, 11) is 0. The van der Waals surface area contributed by atoms with Gasteiger partial charge in [0.25, 0.3) is 5.91 Å². The number of carbonyl (C=O) groups excluding carboxylic acids is 2. The number of rotatable bonds is 6. The summed E-state index contributed by atoms with van der Waals surface area (Å²) in [6.07, 6.45) is 3.20. The van der Waals surface area contributed by atoms with E-state index in [1.54, 1.807) is 4.90 Å². The van der Waals surface area contributed by atoms with E-state index in [-0.39, 0.29) is 24.3 Å². The van der Waals surface area contributed by atoms with Crippen molar-refractivity contribution in [2.24, 2.45) is 11.8 Å². The number of carbonyl (C=O) groups is 3. The van der Waals surface area contributed by atoms with Gasteiger partial charge >= 0.3 is 5.97 Å². The number of hydrogen-bond donors (Lipinski definition) is 2. The first kappa shape index (κ1) is 18.2. The predicted molar refractivity (Wildman–Crippen MR) is 95.0 cm³/mol. The minimum absolute atomic E-state index is 0.0298. The van der Waals surface area contributed by atoms with Crippen LogP contribution in [0.1, 0.15) is 32.1 Å². The lowest BCUT2D eigenvalue weighted by Crippen LogP contribution is -2.41. The summed E-state index contributed by atoms with van der Waals surface area (Å²) in [6, 6.07) is 7.40. The zero-order valence-electron chi connectivity index (χ0n) is 14.6. The SMILES string of the molecule is O=C(O)C1CCCC(C(=O)NCCCN2C(=O)COc3ccccc32)C1. The van der Waals surface area contributed by atoms with Crippen LogP contribution in [0.3, 0.4) is 0 Å². The second kappa shape index (κ2) is 8.21. The minimum atomic E-state index is -0.813. The monoisotopic (exact) mass is 360 g/mol. The number of benzene rings is 1. The number of para-hydroxylation sites is 2. The maximum Gasteiger partial charge on any atom is 0.306 e. The molecule has 1 fully saturated rings. The molecular formula is C19H24N2O5. The van der Waals surface area contributed by atoms with Crippen molar-refractivity contribution in [3.63, 3.8) is 0 Å². The molecule has 1 aromatic carbocycles. The second-order valence-corrected chi connectivity index (χ2v) is 6.85. The summed E-state index contributed by atoms with van der Waals surface area (Å²) in [4.78, 5) is 37.2. The molecule has 26 heavy (non-hydrogen) atoms. The van der Waals surface area contributed by atoms with Crippen LogP contribution >= 0.6 is 0 Å². The summed E-state index contributed by atoms with van der Waals surface area (Å²) < 4.78 is 5.41. The van der Waals surface area contributed by atoms with E-state index in [1.165, 1.54) is 0 Å². The number of nitrogens with one attached hydrogen (secondary N) is 1. The van der Waals surface area contributed by atoms with Gasteiger partial charge in [0.05, 0.1) is 11.6 Å². The van der Waals surface area contributed by atoms with Gasteiger partial charge in [-0.1, -0.05) is 18.6 Å². The fourth-order valence-corrected chi connectivity index (χ4v) is 3.64. The third-order valence-electron chi connectivity index (χ3n) is 5.06. The largest absolute Gasteiger partial charge is 0.482 e. The summed E-state index contributed by atoms with van der Waals surface area (Å²) in [5.74, 6) is -0.932. The van der Waals surface area contributed by atoms with Crippen molar-refractivity contribution < 1.29 is 24.2 Å². The van der Waals surface area contributed by atoms with Crippen LogP contribution in [0.5, 0.6) is 5.75 Å². The average Bonchev–Trinajstić information content (AvgIpc) is 2.66. The molecule has 2 amide bonds. The average molecular weight is 360 g/mol. The Morgan fingerprint density at radius 3 is 2.81 bits per heavy atom. The molecule has 1 saturated carbocycles. The summed E-state index contributed by atoms with van der Waals surface area (Å²) >= 11 is 0. The van der Waals surface area contributed by atoms with E-state index in [4.69, 9.17) is 9.84 Å². The van der Waals surface area contributed by atoms with Crippen LogP contribution in [0, 0.1) is 11.8 Å². The maximum absolute atomic E-state index is 12.3. The topological polar surface area (TPSA) is 95.9 Å². The van der Waals surface area contributed by atoms with Gasteiger partial charge in [-0.05, 0) is 37.8 Å². The Balaban J connectivity index is 1.46. The highest BCUT2D eigenvalue weighted by molar-refractivity contribution is 5.97. The fourth-order valence-electron chi connectivity index (χ4n) is 3.64. The molecule has 0 spiro atoms. The zero-order valence-corrected chi connectivity index (χ0v) is 14.6. The number of aliphatic carboxylic acids is 1. The zero-order chi connectivity index (χ0) is 18.5. The van der Waals surface area contributed by atoms with Crippen LogP contribution in [0.4, 0.5) is 5.69 Å². The molecule has 2 aliphatic rings. The summed E-state index contributed by atoms with van der Waals surface area (Å²) in [6.45, 7) is 0.990. The molecule has 0 aromatic heterocycles. The van der Waals surface area contributed by atoms with Gasteiger partial charge in [-0.15, -0.1) is 0 Å². The fraction of sp³-hybridized carbons (Fsp3) is 0.526. The number of amides is 2. The molecule has 7 heteroatoms. The molecule has 0 bridgehead atoms. The van der Waals surface area contributed by atoms with Gasteiger partial charge < -0.3 is 20.1 Å². The number of ether oxygens (including phenoxy) is 1. The first-order valence-electron chi connectivity index (χ1n) is 9.09. The van der Waals surface area contributed by atoms with E-state index in [2.05, 4.69) is 5.32 Å². The molecule has 140 valence electrons. The number of nitrogens with zero attached hydrogens (tertiary/aromatic N) is 1. The first-order chi connectivity index (χ1) is 12.6. The van der Waals surface area contributed by atoms with Crippen molar-refractivity contribution in [3.05, 3.63) is 24.3 Å². The number of fused-ring (bicyclic) bond motifs is 1.